The minimum Gasteiger partial charge on any atom is -0.487 e. The van der Waals surface area contributed by atoms with Crippen LogP contribution in [0.2, 0.25) is 5.82 Å². The molecule has 45 heavy (non-hydrogen) atoms. The molecule has 9 rings (SSSR count). The fraction of sp³-hybridized carbons (Fsp3) is 0.143. The standard InChI is InChI=1S/C42H33BO2/c1-5-13-28(14-6-1)32-21-23-38-36(25-32)43-37-26-33(29-15-7-2-8-16-29)22-24-39(37)45-42-35(31-19-11-4-12-20-31)27-34(41(44-38)40(42)43)30-17-9-3-10-18-30/h1-15,17-26,29,35-36,38H,16,27H2. The Bertz CT molecular complexity index is 1960. The van der Waals surface area contributed by atoms with E-state index in [9.17, 15) is 0 Å². The lowest BCUT2D eigenvalue weighted by molar-refractivity contribution is 0.152. The van der Waals surface area contributed by atoms with Gasteiger partial charge in [-0.05, 0) is 58.3 Å². The van der Waals surface area contributed by atoms with Gasteiger partial charge in [0.15, 0.2) is 0 Å². The molecule has 0 bridgehead atoms. The summed E-state index contributed by atoms with van der Waals surface area (Å²) in [5, 5.41) is 0. The van der Waals surface area contributed by atoms with Crippen LogP contribution in [-0.4, -0.2) is 12.8 Å². The van der Waals surface area contributed by atoms with Gasteiger partial charge in [0.1, 0.15) is 23.4 Å². The van der Waals surface area contributed by atoms with Gasteiger partial charge in [0, 0.05) is 28.7 Å². The molecule has 4 aromatic carbocycles. The summed E-state index contributed by atoms with van der Waals surface area (Å²) in [6.07, 6.45) is 17.7. The molecule has 0 saturated carbocycles. The molecule has 2 aliphatic heterocycles. The lowest BCUT2D eigenvalue weighted by atomic mass is 9.28. The van der Waals surface area contributed by atoms with Crippen molar-refractivity contribution in [2.24, 2.45) is 0 Å². The zero-order valence-electron chi connectivity index (χ0n) is 25.1. The molecule has 4 aromatic rings. The zero-order valence-corrected chi connectivity index (χ0v) is 25.1. The van der Waals surface area contributed by atoms with Gasteiger partial charge in [-0.25, -0.2) is 0 Å². The van der Waals surface area contributed by atoms with E-state index in [0.29, 0.717) is 5.92 Å². The molecule has 3 aliphatic carbocycles. The summed E-state index contributed by atoms with van der Waals surface area (Å²) >= 11 is 0. The molecule has 216 valence electrons. The number of fused-ring (bicyclic) bond motifs is 4. The molecule has 0 radical (unpaired) electrons. The molecular formula is C42H33BO2. The summed E-state index contributed by atoms with van der Waals surface area (Å²) in [6, 6.07) is 39.3. The average molecular weight is 581 g/mol. The minimum absolute atomic E-state index is 0.0680. The molecule has 0 aromatic heterocycles. The largest absolute Gasteiger partial charge is 0.487 e. The first-order chi connectivity index (χ1) is 22.3. The van der Waals surface area contributed by atoms with E-state index in [2.05, 4.69) is 152 Å². The van der Waals surface area contributed by atoms with Crippen LogP contribution >= 0.6 is 0 Å². The monoisotopic (exact) mass is 580 g/mol. The van der Waals surface area contributed by atoms with Crippen LogP contribution in [0.3, 0.4) is 0 Å². The van der Waals surface area contributed by atoms with E-state index in [1.807, 2.05) is 0 Å². The normalized spacial score (nSPS) is 24.3. The number of hydrogen-bond donors (Lipinski definition) is 0. The van der Waals surface area contributed by atoms with Crippen LogP contribution in [-0.2, 0) is 4.74 Å². The molecule has 2 nitrogen and oxygen atoms in total. The number of rotatable bonds is 4. The van der Waals surface area contributed by atoms with Gasteiger partial charge in [-0.15, -0.1) is 0 Å². The van der Waals surface area contributed by atoms with Gasteiger partial charge in [-0.1, -0.05) is 140 Å². The molecule has 4 unspecified atom stereocenters. The maximum Gasteiger partial charge on any atom is 0.234 e. The highest BCUT2D eigenvalue weighted by atomic mass is 16.5. The molecule has 1 fully saturated rings. The first-order valence-electron chi connectivity index (χ1n) is 16.2. The molecule has 4 atom stereocenters. The van der Waals surface area contributed by atoms with Crippen LogP contribution in [0.5, 0.6) is 5.75 Å². The van der Waals surface area contributed by atoms with Crippen LogP contribution in [0.1, 0.15) is 46.9 Å². The quantitative estimate of drug-likeness (QED) is 0.224. The maximum atomic E-state index is 7.12. The number of benzene rings is 4. The van der Waals surface area contributed by atoms with Crippen molar-refractivity contribution in [2.75, 3.05) is 0 Å². The number of hydrogen-bond acceptors (Lipinski definition) is 2. The first-order valence-corrected chi connectivity index (χ1v) is 16.2. The van der Waals surface area contributed by atoms with Crippen molar-refractivity contribution in [1.29, 1.82) is 0 Å². The van der Waals surface area contributed by atoms with Crippen LogP contribution in [0, 0.1) is 0 Å². The molecule has 0 spiro atoms. The van der Waals surface area contributed by atoms with E-state index in [0.717, 1.165) is 30.1 Å². The molecule has 0 N–H and O–H groups in total. The lowest BCUT2D eigenvalue weighted by Crippen LogP contribution is -2.52. The Morgan fingerprint density at radius 3 is 2.22 bits per heavy atom. The summed E-state index contributed by atoms with van der Waals surface area (Å²) < 4.78 is 14.2. The number of allylic oxidation sites excluding steroid dienone is 9. The second-order valence-corrected chi connectivity index (χ2v) is 12.7. The van der Waals surface area contributed by atoms with E-state index in [-0.39, 0.29) is 24.6 Å². The van der Waals surface area contributed by atoms with Crippen molar-refractivity contribution in [3.8, 4) is 5.75 Å². The van der Waals surface area contributed by atoms with Gasteiger partial charge in [0.25, 0.3) is 0 Å². The Kier molecular flexibility index (Phi) is 6.37. The Morgan fingerprint density at radius 2 is 1.47 bits per heavy atom. The minimum atomic E-state index is -0.0680. The van der Waals surface area contributed by atoms with Crippen molar-refractivity contribution >= 4 is 23.3 Å². The lowest BCUT2D eigenvalue weighted by Gasteiger charge is -2.46. The first kappa shape index (κ1) is 26.4. The van der Waals surface area contributed by atoms with Gasteiger partial charge < -0.3 is 9.47 Å². The molecule has 1 saturated heterocycles. The molecule has 3 heteroatoms. The number of ether oxygens (including phenoxy) is 2. The van der Waals surface area contributed by atoms with Crippen LogP contribution in [0.25, 0.3) is 11.1 Å². The molecule has 5 aliphatic rings. The highest BCUT2D eigenvalue weighted by Crippen LogP contribution is 2.54. The fourth-order valence-corrected chi connectivity index (χ4v) is 7.93. The predicted octanol–water partition coefficient (Wildman–Crippen LogP) is 9.20. The average Bonchev–Trinajstić information content (AvgIpc) is 3.12. The van der Waals surface area contributed by atoms with E-state index < -0.39 is 0 Å². The smallest absolute Gasteiger partial charge is 0.234 e. The van der Waals surface area contributed by atoms with Crippen LogP contribution in [0.4, 0.5) is 0 Å². The summed E-state index contributed by atoms with van der Waals surface area (Å²) in [7, 11) is 0. The zero-order chi connectivity index (χ0) is 29.7. The van der Waals surface area contributed by atoms with Gasteiger partial charge >= 0.3 is 0 Å². The van der Waals surface area contributed by atoms with Gasteiger partial charge in [0.05, 0.1) is 0 Å². The van der Waals surface area contributed by atoms with Crippen molar-refractivity contribution in [1.82, 2.24) is 0 Å². The van der Waals surface area contributed by atoms with E-state index in [4.69, 9.17) is 9.47 Å². The Balaban J connectivity index is 1.28. The Morgan fingerprint density at radius 1 is 0.711 bits per heavy atom. The van der Waals surface area contributed by atoms with Gasteiger partial charge in [-0.3, -0.25) is 0 Å². The molecule has 0 amide bonds. The summed E-state index contributed by atoms with van der Waals surface area (Å²) in [4.78, 5) is 0. The summed E-state index contributed by atoms with van der Waals surface area (Å²) in [5.41, 5.74) is 10.1. The Labute approximate surface area is 265 Å². The topological polar surface area (TPSA) is 18.5 Å². The van der Waals surface area contributed by atoms with Gasteiger partial charge in [0.2, 0.25) is 6.71 Å². The van der Waals surface area contributed by atoms with Gasteiger partial charge in [-0.2, -0.15) is 0 Å². The third-order valence-electron chi connectivity index (χ3n) is 10.1. The van der Waals surface area contributed by atoms with E-state index in [1.165, 1.54) is 44.3 Å². The fourth-order valence-electron chi connectivity index (χ4n) is 7.93. The second kappa shape index (κ2) is 10.9. The maximum absolute atomic E-state index is 7.12. The summed E-state index contributed by atoms with van der Waals surface area (Å²) in [6.45, 7) is 0.106. The third kappa shape index (κ3) is 4.49. The molecular weight excluding hydrogens is 547 g/mol. The highest BCUT2D eigenvalue weighted by Gasteiger charge is 2.52. The summed E-state index contributed by atoms with van der Waals surface area (Å²) in [5.74, 6) is 3.62. The highest BCUT2D eigenvalue weighted by molar-refractivity contribution is 6.84. The Hall–Kier alpha value is -5.02. The van der Waals surface area contributed by atoms with Crippen molar-refractivity contribution < 1.29 is 9.47 Å². The van der Waals surface area contributed by atoms with Crippen molar-refractivity contribution in [3.63, 3.8) is 0 Å². The van der Waals surface area contributed by atoms with E-state index in [1.54, 1.807) is 0 Å². The van der Waals surface area contributed by atoms with E-state index >= 15 is 0 Å². The van der Waals surface area contributed by atoms with Crippen LogP contribution in [0.15, 0.2) is 169 Å². The predicted molar refractivity (Wildman–Crippen MR) is 184 cm³/mol. The third-order valence-corrected chi connectivity index (χ3v) is 10.1. The van der Waals surface area contributed by atoms with Crippen LogP contribution < -0.4 is 10.2 Å². The SMILES string of the molecule is C1=CCC(c2ccc3c(c2)B2C4=C(O3)C(c3ccccc3)CC(c3ccccc3)=C4OC3C=CC(c4ccccc4)=CC23)C=C1. The molecule has 2 heterocycles. The van der Waals surface area contributed by atoms with Crippen molar-refractivity contribution in [3.05, 3.63) is 191 Å². The second-order valence-electron chi connectivity index (χ2n) is 12.7. The van der Waals surface area contributed by atoms with Crippen molar-refractivity contribution in [2.45, 2.75) is 36.6 Å².